The Morgan fingerprint density at radius 2 is 2.36 bits per heavy atom. The molecular weight excluding hydrogens is 192 g/mol. The van der Waals surface area contributed by atoms with Crippen molar-refractivity contribution < 1.29 is 0 Å². The van der Waals surface area contributed by atoms with E-state index in [-0.39, 0.29) is 0 Å². The fraction of sp³-hybridized carbons (Fsp3) is 0.455. The molecule has 0 spiro atoms. The summed E-state index contributed by atoms with van der Waals surface area (Å²) in [7, 11) is 0. The maximum Gasteiger partial charge on any atom is 0.101 e. The average molecular weight is 210 g/mol. The van der Waals surface area contributed by atoms with Crippen molar-refractivity contribution in [3.05, 3.63) is 37.2 Å². The molecule has 0 saturated carbocycles. The molecule has 0 radical (unpaired) electrons. The lowest BCUT2D eigenvalue weighted by Crippen LogP contribution is -2.60. The molecule has 3 heteroatoms. The molecule has 0 bridgehead atoms. The normalized spacial score (nSPS) is 25.6. The third-order valence-electron chi connectivity index (χ3n) is 2.30. The topological polar surface area (TPSA) is 15.3 Å². The van der Waals surface area contributed by atoms with E-state index >= 15 is 0 Å². The monoisotopic (exact) mass is 210 g/mol. The van der Waals surface area contributed by atoms with Crippen LogP contribution in [-0.4, -0.2) is 29.1 Å². The van der Waals surface area contributed by atoms with E-state index < -0.39 is 0 Å². The van der Waals surface area contributed by atoms with E-state index in [0.29, 0.717) is 11.4 Å². The van der Waals surface area contributed by atoms with Crippen molar-refractivity contribution in [1.82, 2.24) is 10.2 Å². The summed E-state index contributed by atoms with van der Waals surface area (Å²) in [6.45, 7) is 14.6. The van der Waals surface area contributed by atoms with Crippen LogP contribution < -0.4 is 5.32 Å². The van der Waals surface area contributed by atoms with Crippen molar-refractivity contribution >= 4 is 11.8 Å². The van der Waals surface area contributed by atoms with Crippen molar-refractivity contribution in [3.63, 3.8) is 0 Å². The van der Waals surface area contributed by atoms with Gasteiger partial charge >= 0.3 is 0 Å². The number of rotatable bonds is 5. The lowest BCUT2D eigenvalue weighted by atomic mass is 10.0. The van der Waals surface area contributed by atoms with E-state index in [1.165, 1.54) is 5.57 Å². The summed E-state index contributed by atoms with van der Waals surface area (Å²) < 4.78 is 0. The van der Waals surface area contributed by atoms with Crippen LogP contribution in [0.3, 0.4) is 0 Å². The predicted molar refractivity (Wildman–Crippen MR) is 65.1 cm³/mol. The van der Waals surface area contributed by atoms with E-state index in [4.69, 9.17) is 0 Å². The summed E-state index contributed by atoms with van der Waals surface area (Å²) in [5.41, 5.74) is 2.30. The summed E-state index contributed by atoms with van der Waals surface area (Å²) in [6, 6.07) is 0.335. The van der Waals surface area contributed by atoms with Gasteiger partial charge in [-0.3, -0.25) is 0 Å². The molecule has 78 valence electrons. The third-order valence-corrected chi connectivity index (χ3v) is 3.31. The summed E-state index contributed by atoms with van der Waals surface area (Å²) in [5.74, 6) is 0. The van der Waals surface area contributed by atoms with Gasteiger partial charge in [0.05, 0.1) is 6.04 Å². The van der Waals surface area contributed by atoms with E-state index in [9.17, 15) is 0 Å². The number of likely N-dealkylation sites (tertiary alicyclic amines) is 1. The molecule has 0 aromatic carbocycles. The Morgan fingerprint density at radius 1 is 1.71 bits per heavy atom. The first-order valence-electron chi connectivity index (χ1n) is 4.61. The Kier molecular flexibility index (Phi) is 3.69. The molecule has 2 nitrogen and oxygen atoms in total. The Bertz CT molecular complexity index is 260. The molecule has 0 aliphatic carbocycles. The molecule has 0 aromatic rings. The maximum atomic E-state index is 4.05. The van der Waals surface area contributed by atoms with E-state index in [1.54, 1.807) is 6.20 Å². The largest absolute Gasteiger partial charge is 0.381 e. The van der Waals surface area contributed by atoms with Crippen LogP contribution in [0.4, 0.5) is 0 Å². The average Bonchev–Trinajstić information content (AvgIpc) is 2.15. The summed E-state index contributed by atoms with van der Waals surface area (Å²) >= 11 is 1.83. The highest BCUT2D eigenvalue weighted by Gasteiger charge is 2.40. The lowest BCUT2D eigenvalue weighted by Gasteiger charge is -2.50. The molecule has 1 N–H and O–H groups in total. The molecule has 1 rings (SSSR count). The fourth-order valence-corrected chi connectivity index (χ4v) is 2.63. The molecule has 1 aliphatic rings. The van der Waals surface area contributed by atoms with Gasteiger partial charge in [0.1, 0.15) is 5.37 Å². The van der Waals surface area contributed by atoms with Gasteiger partial charge in [-0.2, -0.15) is 0 Å². The van der Waals surface area contributed by atoms with Gasteiger partial charge in [0.2, 0.25) is 0 Å². The first kappa shape index (κ1) is 11.2. The van der Waals surface area contributed by atoms with Gasteiger partial charge in [-0.25, -0.2) is 0 Å². The zero-order chi connectivity index (χ0) is 10.7. The maximum absolute atomic E-state index is 4.05. The Labute approximate surface area is 90.7 Å². The van der Waals surface area contributed by atoms with Crippen LogP contribution in [0.2, 0.25) is 0 Å². The van der Waals surface area contributed by atoms with Crippen LogP contribution in [0.5, 0.6) is 0 Å². The van der Waals surface area contributed by atoms with Crippen molar-refractivity contribution in [3.8, 4) is 0 Å². The zero-order valence-electron chi connectivity index (χ0n) is 8.92. The molecule has 1 fully saturated rings. The van der Waals surface area contributed by atoms with Crippen molar-refractivity contribution in [1.29, 1.82) is 0 Å². The van der Waals surface area contributed by atoms with E-state index in [2.05, 4.69) is 36.2 Å². The molecular formula is C11H18N2S. The van der Waals surface area contributed by atoms with Gasteiger partial charge in [-0.1, -0.05) is 25.3 Å². The zero-order valence-corrected chi connectivity index (χ0v) is 9.73. The summed E-state index contributed by atoms with van der Waals surface area (Å²) in [4.78, 5) is 2.27. The highest BCUT2D eigenvalue weighted by molar-refractivity contribution is 7.99. The Balaban J connectivity index is 2.59. The lowest BCUT2D eigenvalue weighted by molar-refractivity contribution is 0.199. The van der Waals surface area contributed by atoms with Crippen molar-refractivity contribution in [2.75, 3.05) is 12.8 Å². The Hall–Kier alpha value is -0.830. The van der Waals surface area contributed by atoms with Gasteiger partial charge in [0.15, 0.2) is 0 Å². The number of thioether (sulfide) groups is 1. The molecule has 0 aromatic heterocycles. The highest BCUT2D eigenvalue weighted by atomic mass is 32.2. The second kappa shape index (κ2) is 4.60. The molecule has 0 amide bonds. The van der Waals surface area contributed by atoms with E-state index in [1.807, 2.05) is 18.7 Å². The predicted octanol–water partition coefficient (Wildman–Crippen LogP) is 2.18. The SMILES string of the molecule is C=CNC1C(=C)N(CC(=C)C)C1SC. The quantitative estimate of drug-likeness (QED) is 0.700. The third kappa shape index (κ3) is 1.98. The van der Waals surface area contributed by atoms with Crippen LogP contribution >= 0.6 is 11.8 Å². The molecule has 1 saturated heterocycles. The molecule has 1 heterocycles. The number of nitrogens with one attached hydrogen (secondary N) is 1. The molecule has 1 aliphatic heterocycles. The minimum absolute atomic E-state index is 0.335. The van der Waals surface area contributed by atoms with Gasteiger partial charge in [0, 0.05) is 12.2 Å². The van der Waals surface area contributed by atoms with Crippen LogP contribution in [-0.2, 0) is 0 Å². The van der Waals surface area contributed by atoms with Gasteiger partial charge in [-0.05, 0) is 19.4 Å². The van der Waals surface area contributed by atoms with Crippen LogP contribution in [0.1, 0.15) is 6.92 Å². The van der Waals surface area contributed by atoms with Gasteiger partial charge in [0.25, 0.3) is 0 Å². The van der Waals surface area contributed by atoms with E-state index in [0.717, 1.165) is 12.2 Å². The van der Waals surface area contributed by atoms with Crippen LogP contribution in [0.15, 0.2) is 37.2 Å². The minimum atomic E-state index is 0.335. The number of hydrogen-bond donors (Lipinski definition) is 1. The first-order chi connectivity index (χ1) is 6.61. The van der Waals surface area contributed by atoms with Gasteiger partial charge < -0.3 is 10.2 Å². The second-order valence-corrected chi connectivity index (χ2v) is 4.51. The Morgan fingerprint density at radius 3 is 2.79 bits per heavy atom. The second-order valence-electron chi connectivity index (χ2n) is 3.55. The molecule has 14 heavy (non-hydrogen) atoms. The van der Waals surface area contributed by atoms with Crippen LogP contribution in [0.25, 0.3) is 0 Å². The number of nitrogens with zero attached hydrogens (tertiary/aromatic N) is 1. The standard InChI is InChI=1S/C11H18N2S/c1-6-12-10-9(4)13(7-8(2)3)11(10)14-5/h6,10-12H,1-2,4,7H2,3,5H3. The molecule has 2 atom stereocenters. The first-order valence-corrected chi connectivity index (χ1v) is 5.90. The number of hydrogen-bond acceptors (Lipinski definition) is 3. The van der Waals surface area contributed by atoms with Crippen LogP contribution in [0, 0.1) is 0 Å². The minimum Gasteiger partial charge on any atom is -0.381 e. The van der Waals surface area contributed by atoms with Crippen molar-refractivity contribution in [2.45, 2.75) is 18.3 Å². The summed E-state index contributed by atoms with van der Waals surface area (Å²) in [6.07, 6.45) is 3.84. The van der Waals surface area contributed by atoms with Gasteiger partial charge in [-0.15, -0.1) is 11.8 Å². The smallest absolute Gasteiger partial charge is 0.101 e. The summed E-state index contributed by atoms with van der Waals surface area (Å²) in [5, 5.41) is 3.66. The van der Waals surface area contributed by atoms with Crippen molar-refractivity contribution in [2.24, 2.45) is 0 Å². The highest BCUT2D eigenvalue weighted by Crippen LogP contribution is 2.35. The fourth-order valence-electron chi connectivity index (χ4n) is 1.66. The molecule has 2 unspecified atom stereocenters.